The van der Waals surface area contributed by atoms with Crippen LogP contribution in [0.4, 0.5) is 10.5 Å². The predicted molar refractivity (Wildman–Crippen MR) is 127 cm³/mol. The topological polar surface area (TPSA) is 76.2 Å². The summed E-state index contributed by atoms with van der Waals surface area (Å²) in [5.41, 5.74) is 4.63. The van der Waals surface area contributed by atoms with E-state index >= 15 is 0 Å². The lowest BCUT2D eigenvalue weighted by atomic mass is 9.78. The van der Waals surface area contributed by atoms with E-state index < -0.39 is 0 Å². The molecule has 2 fully saturated rings. The van der Waals surface area contributed by atoms with Crippen molar-refractivity contribution in [3.05, 3.63) is 59.2 Å². The zero-order valence-corrected chi connectivity index (χ0v) is 20.1. The largest absolute Gasteiger partial charge is 0.493 e. The summed E-state index contributed by atoms with van der Waals surface area (Å²) in [6.07, 6.45) is 2.84. The van der Waals surface area contributed by atoms with Gasteiger partial charge in [0.15, 0.2) is 0 Å². The second kappa shape index (κ2) is 9.61. The van der Waals surface area contributed by atoms with E-state index in [0.717, 1.165) is 56.9 Å². The molecular weight excluding hydrogens is 432 g/mol. The molecule has 1 spiro atoms. The monoisotopic (exact) mass is 464 g/mol. The molecule has 0 radical (unpaired) electrons. The maximum Gasteiger partial charge on any atom is 0.415 e. The van der Waals surface area contributed by atoms with Gasteiger partial charge >= 0.3 is 12.2 Å². The van der Waals surface area contributed by atoms with Gasteiger partial charge in [-0.2, -0.15) is 9.59 Å². The summed E-state index contributed by atoms with van der Waals surface area (Å²) in [6.45, 7) is 11.0. The van der Waals surface area contributed by atoms with Crippen LogP contribution in [0.1, 0.15) is 49.8 Å². The zero-order chi connectivity index (χ0) is 24.3. The summed E-state index contributed by atoms with van der Waals surface area (Å²) in [5.74, 6) is 1.08. The third-order valence-corrected chi connectivity index (χ3v) is 7.25. The van der Waals surface area contributed by atoms with E-state index in [1.807, 2.05) is 30.3 Å². The molecule has 7 heteroatoms. The molecule has 2 aromatic rings. The molecule has 2 saturated heterocycles. The third kappa shape index (κ3) is 4.86. The number of aryl methyl sites for hydroxylation is 1. The summed E-state index contributed by atoms with van der Waals surface area (Å²) in [7, 11) is 0. The molecule has 2 aromatic carbocycles. The van der Waals surface area contributed by atoms with Crippen molar-refractivity contribution in [2.24, 2.45) is 0 Å². The molecular formula is C27H32N2O5. The minimum atomic E-state index is -0.356. The number of rotatable bonds is 3. The molecule has 3 heterocycles. The second-order valence-electron chi connectivity index (χ2n) is 10.1. The lowest BCUT2D eigenvalue weighted by Gasteiger charge is -2.38. The number of para-hydroxylation sites is 1. The quantitative estimate of drug-likeness (QED) is 0.668. The fourth-order valence-electron chi connectivity index (χ4n) is 5.24. The Balaban J connectivity index is 0.000000868. The van der Waals surface area contributed by atoms with Gasteiger partial charge in [-0.1, -0.05) is 44.2 Å². The lowest BCUT2D eigenvalue weighted by molar-refractivity contribution is -0.191. The first-order chi connectivity index (χ1) is 16.3. The van der Waals surface area contributed by atoms with Crippen molar-refractivity contribution < 1.29 is 23.9 Å². The predicted octanol–water partition coefficient (Wildman–Crippen LogP) is 4.46. The van der Waals surface area contributed by atoms with E-state index in [4.69, 9.17) is 19.1 Å². The Morgan fingerprint density at radius 1 is 1.03 bits per heavy atom. The van der Waals surface area contributed by atoms with E-state index in [1.54, 1.807) is 4.90 Å². The third-order valence-electron chi connectivity index (χ3n) is 7.25. The number of anilines is 1. The molecule has 7 nitrogen and oxygen atoms in total. The number of hydrogen-bond acceptors (Lipinski definition) is 6. The molecule has 5 rings (SSSR count). The van der Waals surface area contributed by atoms with Crippen LogP contribution in [0.15, 0.2) is 42.5 Å². The van der Waals surface area contributed by atoms with Gasteiger partial charge in [-0.25, -0.2) is 4.79 Å². The van der Waals surface area contributed by atoms with Crippen molar-refractivity contribution in [2.75, 3.05) is 31.1 Å². The first-order valence-corrected chi connectivity index (χ1v) is 11.8. The highest BCUT2D eigenvalue weighted by molar-refractivity contribution is 5.90. The Bertz CT molecular complexity index is 1070. The van der Waals surface area contributed by atoms with Gasteiger partial charge in [0.1, 0.15) is 11.4 Å². The Morgan fingerprint density at radius 3 is 2.38 bits per heavy atom. The van der Waals surface area contributed by atoms with Crippen LogP contribution in [0, 0.1) is 6.92 Å². The second-order valence-corrected chi connectivity index (χ2v) is 10.1. The smallest absolute Gasteiger partial charge is 0.415 e. The highest BCUT2D eigenvalue weighted by atomic mass is 16.6. The number of ether oxygens (including phenoxy) is 2. The summed E-state index contributed by atoms with van der Waals surface area (Å²) >= 11 is 0. The Labute approximate surface area is 200 Å². The number of carbonyl (C=O) groups excluding carboxylic acids is 3. The molecule has 3 aliphatic heterocycles. The van der Waals surface area contributed by atoms with Gasteiger partial charge in [0.05, 0.1) is 13.2 Å². The number of piperidine rings is 1. The molecule has 0 saturated carbocycles. The maximum absolute atomic E-state index is 12.5. The average Bonchev–Trinajstić information content (AvgIpc) is 3.13. The van der Waals surface area contributed by atoms with Crippen LogP contribution in [0.3, 0.4) is 0 Å². The SMILES string of the molecule is Cc1cc(CN2CCC3(CC2)CN(c2ccccc2)C(=O)O3)cc2c1OCCC2(C)C.O=C=O. The van der Waals surface area contributed by atoms with E-state index in [0.29, 0.717) is 6.54 Å². The van der Waals surface area contributed by atoms with Crippen molar-refractivity contribution in [1.29, 1.82) is 0 Å². The first-order valence-electron chi connectivity index (χ1n) is 11.8. The normalized spacial score (nSPS) is 20.4. The molecule has 0 atom stereocenters. The maximum atomic E-state index is 12.5. The van der Waals surface area contributed by atoms with Gasteiger partial charge in [0.25, 0.3) is 0 Å². The van der Waals surface area contributed by atoms with Crippen LogP contribution in [0.2, 0.25) is 0 Å². The number of nitrogens with zero attached hydrogens (tertiary/aromatic N) is 2. The van der Waals surface area contributed by atoms with E-state index in [1.165, 1.54) is 16.7 Å². The number of likely N-dealkylation sites (tertiary alicyclic amines) is 1. The molecule has 0 aromatic heterocycles. The molecule has 180 valence electrons. The van der Waals surface area contributed by atoms with E-state index in [2.05, 4.69) is 37.8 Å². The van der Waals surface area contributed by atoms with Gasteiger partial charge in [0, 0.05) is 43.7 Å². The summed E-state index contributed by atoms with van der Waals surface area (Å²) < 4.78 is 11.9. The molecule has 0 aliphatic carbocycles. The summed E-state index contributed by atoms with van der Waals surface area (Å²) in [5, 5.41) is 0. The van der Waals surface area contributed by atoms with Crippen molar-refractivity contribution in [3.8, 4) is 5.75 Å². The van der Waals surface area contributed by atoms with Crippen molar-refractivity contribution in [1.82, 2.24) is 4.90 Å². The molecule has 1 amide bonds. The summed E-state index contributed by atoms with van der Waals surface area (Å²) in [6, 6.07) is 14.5. The standard InChI is InChI=1S/C26H32N2O3.CO2/c1-19-15-20(16-22-23(19)30-14-11-25(22,2)3)17-27-12-9-26(10-13-27)18-28(24(29)31-26)21-7-5-4-6-8-21;2-1-3/h4-8,15-16H,9-14,17-18H2,1-3H3;. The zero-order valence-electron chi connectivity index (χ0n) is 20.1. The fourth-order valence-corrected chi connectivity index (χ4v) is 5.24. The Kier molecular flexibility index (Phi) is 6.78. The lowest BCUT2D eigenvalue weighted by Crippen LogP contribution is -2.46. The van der Waals surface area contributed by atoms with E-state index in [-0.39, 0.29) is 23.3 Å². The number of carbonyl (C=O) groups is 1. The number of amides is 1. The van der Waals surface area contributed by atoms with Crippen LogP contribution < -0.4 is 9.64 Å². The average molecular weight is 465 g/mol. The molecule has 0 unspecified atom stereocenters. The van der Waals surface area contributed by atoms with Crippen molar-refractivity contribution >= 4 is 17.9 Å². The number of hydrogen-bond donors (Lipinski definition) is 0. The molecule has 3 aliphatic rings. The van der Waals surface area contributed by atoms with Crippen LogP contribution in [0.5, 0.6) is 5.75 Å². The Morgan fingerprint density at radius 2 is 1.71 bits per heavy atom. The van der Waals surface area contributed by atoms with Crippen LogP contribution >= 0.6 is 0 Å². The minimum absolute atomic E-state index is 0.152. The minimum Gasteiger partial charge on any atom is -0.493 e. The van der Waals surface area contributed by atoms with Gasteiger partial charge in [0.2, 0.25) is 0 Å². The molecule has 0 bridgehead atoms. The van der Waals surface area contributed by atoms with Gasteiger partial charge in [-0.3, -0.25) is 9.80 Å². The number of benzene rings is 2. The van der Waals surface area contributed by atoms with Crippen LogP contribution in [-0.4, -0.2) is 49.0 Å². The summed E-state index contributed by atoms with van der Waals surface area (Å²) in [4.78, 5) is 33.1. The van der Waals surface area contributed by atoms with Gasteiger partial charge in [-0.15, -0.1) is 0 Å². The highest BCUT2D eigenvalue weighted by Gasteiger charge is 2.47. The van der Waals surface area contributed by atoms with Gasteiger partial charge in [-0.05, 0) is 42.0 Å². The molecule has 0 N–H and O–H groups in total. The van der Waals surface area contributed by atoms with Crippen LogP contribution in [-0.2, 0) is 26.3 Å². The number of fused-ring (bicyclic) bond motifs is 1. The van der Waals surface area contributed by atoms with Crippen molar-refractivity contribution in [3.63, 3.8) is 0 Å². The van der Waals surface area contributed by atoms with Gasteiger partial charge < -0.3 is 9.47 Å². The highest BCUT2D eigenvalue weighted by Crippen LogP contribution is 2.41. The van der Waals surface area contributed by atoms with E-state index in [9.17, 15) is 4.79 Å². The molecule has 34 heavy (non-hydrogen) atoms. The van der Waals surface area contributed by atoms with Crippen molar-refractivity contribution in [2.45, 2.75) is 57.6 Å². The fraction of sp³-hybridized carbons (Fsp3) is 0.481. The van der Waals surface area contributed by atoms with Crippen LogP contribution in [0.25, 0.3) is 0 Å². The Hall–Kier alpha value is -3.15. The first kappa shape index (κ1) is 24.0.